The Morgan fingerprint density at radius 3 is 2.57 bits per heavy atom. The monoisotopic (exact) mass is 415 g/mol. The van der Waals surface area contributed by atoms with Gasteiger partial charge in [-0.2, -0.15) is 0 Å². The average Bonchev–Trinajstić information content (AvgIpc) is 3.08. The summed E-state index contributed by atoms with van der Waals surface area (Å²) in [6.07, 6.45) is 1.74. The summed E-state index contributed by atoms with van der Waals surface area (Å²) in [5, 5.41) is 10.5. The van der Waals surface area contributed by atoms with Gasteiger partial charge in [0.05, 0.1) is 6.61 Å². The SMILES string of the molecule is CCn1c(CCCOc2ccc(Cl)cc2C)nnc1SCc1ccc(C)cc1. The molecule has 3 aromatic rings. The van der Waals surface area contributed by atoms with E-state index in [-0.39, 0.29) is 0 Å². The lowest BCUT2D eigenvalue weighted by atomic mass is 10.2. The molecule has 0 amide bonds. The Balaban J connectivity index is 1.52. The van der Waals surface area contributed by atoms with Crippen LogP contribution in [0.4, 0.5) is 0 Å². The zero-order valence-corrected chi connectivity index (χ0v) is 18.2. The molecular weight excluding hydrogens is 390 g/mol. The van der Waals surface area contributed by atoms with E-state index in [0.717, 1.165) is 52.5 Å². The lowest BCUT2D eigenvalue weighted by Gasteiger charge is -2.10. The molecule has 0 bridgehead atoms. The van der Waals surface area contributed by atoms with E-state index in [4.69, 9.17) is 16.3 Å². The molecule has 1 aromatic heterocycles. The number of rotatable bonds is 9. The second-order valence-corrected chi connectivity index (χ2v) is 8.16. The van der Waals surface area contributed by atoms with Crippen LogP contribution in [-0.2, 0) is 18.7 Å². The number of halogens is 1. The van der Waals surface area contributed by atoms with Crippen molar-refractivity contribution in [3.05, 3.63) is 70.0 Å². The maximum atomic E-state index is 5.99. The molecule has 0 aliphatic heterocycles. The summed E-state index contributed by atoms with van der Waals surface area (Å²) >= 11 is 7.73. The van der Waals surface area contributed by atoms with Gasteiger partial charge < -0.3 is 9.30 Å². The standard InChI is InChI=1S/C22H26ClN3OS/c1-4-26-21(6-5-13-27-20-12-11-19(23)14-17(20)3)24-25-22(26)28-15-18-9-7-16(2)8-10-18/h7-12,14H,4-6,13,15H2,1-3H3. The molecule has 6 heteroatoms. The van der Waals surface area contributed by atoms with Crippen molar-refractivity contribution in [3.8, 4) is 5.75 Å². The third kappa shape index (κ3) is 5.52. The Kier molecular flexibility index (Phi) is 7.40. The van der Waals surface area contributed by atoms with E-state index >= 15 is 0 Å². The maximum Gasteiger partial charge on any atom is 0.191 e. The first-order chi connectivity index (χ1) is 13.6. The summed E-state index contributed by atoms with van der Waals surface area (Å²) in [6.45, 7) is 7.76. The smallest absolute Gasteiger partial charge is 0.191 e. The largest absolute Gasteiger partial charge is 0.493 e. The van der Waals surface area contributed by atoms with Gasteiger partial charge in [-0.3, -0.25) is 0 Å². The highest BCUT2D eigenvalue weighted by molar-refractivity contribution is 7.98. The van der Waals surface area contributed by atoms with Crippen LogP contribution >= 0.6 is 23.4 Å². The molecule has 4 nitrogen and oxygen atoms in total. The van der Waals surface area contributed by atoms with Gasteiger partial charge >= 0.3 is 0 Å². The zero-order valence-electron chi connectivity index (χ0n) is 16.6. The summed E-state index contributed by atoms with van der Waals surface area (Å²) in [5.41, 5.74) is 3.64. The fourth-order valence-electron chi connectivity index (χ4n) is 2.95. The molecule has 0 fully saturated rings. The lowest BCUT2D eigenvalue weighted by Crippen LogP contribution is -2.06. The van der Waals surface area contributed by atoms with Crippen LogP contribution < -0.4 is 4.74 Å². The highest BCUT2D eigenvalue weighted by Crippen LogP contribution is 2.24. The van der Waals surface area contributed by atoms with Crippen LogP contribution in [0.2, 0.25) is 5.02 Å². The topological polar surface area (TPSA) is 39.9 Å². The highest BCUT2D eigenvalue weighted by atomic mass is 35.5. The molecule has 0 aliphatic carbocycles. The highest BCUT2D eigenvalue weighted by Gasteiger charge is 2.11. The number of aromatic nitrogens is 3. The van der Waals surface area contributed by atoms with E-state index in [1.54, 1.807) is 11.8 Å². The van der Waals surface area contributed by atoms with Crippen LogP contribution in [0.15, 0.2) is 47.6 Å². The van der Waals surface area contributed by atoms with Crippen molar-refractivity contribution in [2.45, 2.75) is 51.1 Å². The van der Waals surface area contributed by atoms with Gasteiger partial charge in [-0.05, 0) is 56.5 Å². The number of nitrogens with zero attached hydrogens (tertiary/aromatic N) is 3. The van der Waals surface area contributed by atoms with Gasteiger partial charge in [0.1, 0.15) is 11.6 Å². The molecule has 1 heterocycles. The third-order valence-electron chi connectivity index (χ3n) is 4.54. The summed E-state index contributed by atoms with van der Waals surface area (Å²) < 4.78 is 8.09. The first-order valence-electron chi connectivity index (χ1n) is 9.56. The Morgan fingerprint density at radius 2 is 1.86 bits per heavy atom. The Hall–Kier alpha value is -1.98. The van der Waals surface area contributed by atoms with E-state index in [9.17, 15) is 0 Å². The number of hydrogen-bond donors (Lipinski definition) is 0. The van der Waals surface area contributed by atoms with Gasteiger partial charge in [0.2, 0.25) is 0 Å². The van der Waals surface area contributed by atoms with Gasteiger partial charge in [0, 0.05) is 23.7 Å². The first-order valence-corrected chi connectivity index (χ1v) is 10.9. The summed E-state index contributed by atoms with van der Waals surface area (Å²) in [6, 6.07) is 14.3. The molecule has 0 unspecified atom stereocenters. The molecule has 0 atom stereocenters. The quantitative estimate of drug-likeness (QED) is 0.323. The third-order valence-corrected chi connectivity index (χ3v) is 5.81. The minimum absolute atomic E-state index is 0.644. The van der Waals surface area contributed by atoms with Crippen LogP contribution in [-0.4, -0.2) is 21.4 Å². The van der Waals surface area contributed by atoms with Crippen molar-refractivity contribution in [1.82, 2.24) is 14.8 Å². The van der Waals surface area contributed by atoms with Crippen LogP contribution in [0.3, 0.4) is 0 Å². The van der Waals surface area contributed by atoms with E-state index in [0.29, 0.717) is 6.61 Å². The molecule has 2 aromatic carbocycles. The van der Waals surface area contributed by atoms with Crippen molar-refractivity contribution in [2.75, 3.05) is 6.61 Å². The number of thioether (sulfide) groups is 1. The first kappa shape index (κ1) is 20.7. The second-order valence-electron chi connectivity index (χ2n) is 6.78. The fraction of sp³-hybridized carbons (Fsp3) is 0.364. The summed E-state index contributed by atoms with van der Waals surface area (Å²) in [7, 11) is 0. The normalized spacial score (nSPS) is 11.0. The number of aryl methyl sites for hydroxylation is 3. The fourth-order valence-corrected chi connectivity index (χ4v) is 4.15. The van der Waals surface area contributed by atoms with E-state index < -0.39 is 0 Å². The number of ether oxygens (including phenoxy) is 1. The predicted molar refractivity (Wildman–Crippen MR) is 116 cm³/mol. The summed E-state index contributed by atoms with van der Waals surface area (Å²) in [4.78, 5) is 0. The molecular formula is C22H26ClN3OS. The predicted octanol–water partition coefficient (Wildman–Crippen LogP) is 5.87. The molecule has 0 N–H and O–H groups in total. The Labute approximate surface area is 176 Å². The van der Waals surface area contributed by atoms with Crippen molar-refractivity contribution in [1.29, 1.82) is 0 Å². The molecule has 0 saturated carbocycles. The average molecular weight is 416 g/mol. The van der Waals surface area contributed by atoms with Gasteiger partial charge in [0.25, 0.3) is 0 Å². The second kappa shape index (κ2) is 9.99. The number of benzene rings is 2. The van der Waals surface area contributed by atoms with Crippen LogP contribution in [0.1, 0.15) is 35.9 Å². The van der Waals surface area contributed by atoms with E-state index in [2.05, 4.69) is 52.9 Å². The molecule has 0 aliphatic rings. The molecule has 3 rings (SSSR count). The van der Waals surface area contributed by atoms with Gasteiger partial charge in [-0.15, -0.1) is 10.2 Å². The Bertz CT molecular complexity index is 909. The van der Waals surface area contributed by atoms with Gasteiger partial charge in [0.15, 0.2) is 5.16 Å². The molecule has 148 valence electrons. The van der Waals surface area contributed by atoms with Crippen molar-refractivity contribution in [3.63, 3.8) is 0 Å². The molecule has 0 saturated heterocycles. The lowest BCUT2D eigenvalue weighted by molar-refractivity contribution is 0.307. The molecule has 28 heavy (non-hydrogen) atoms. The van der Waals surface area contributed by atoms with E-state index in [1.807, 2.05) is 25.1 Å². The van der Waals surface area contributed by atoms with Crippen molar-refractivity contribution >= 4 is 23.4 Å². The summed E-state index contributed by atoms with van der Waals surface area (Å²) in [5.74, 6) is 2.80. The zero-order chi connectivity index (χ0) is 19.9. The molecule has 0 radical (unpaired) electrons. The minimum Gasteiger partial charge on any atom is -0.493 e. The van der Waals surface area contributed by atoms with Crippen LogP contribution in [0.25, 0.3) is 0 Å². The maximum absolute atomic E-state index is 5.99. The van der Waals surface area contributed by atoms with Crippen LogP contribution in [0, 0.1) is 13.8 Å². The molecule has 0 spiro atoms. The van der Waals surface area contributed by atoms with Gasteiger partial charge in [-0.25, -0.2) is 0 Å². The van der Waals surface area contributed by atoms with Gasteiger partial charge in [-0.1, -0.05) is 53.2 Å². The Morgan fingerprint density at radius 1 is 1.07 bits per heavy atom. The van der Waals surface area contributed by atoms with E-state index in [1.165, 1.54) is 11.1 Å². The van der Waals surface area contributed by atoms with Crippen molar-refractivity contribution < 1.29 is 4.74 Å². The minimum atomic E-state index is 0.644. The number of hydrogen-bond acceptors (Lipinski definition) is 4. The van der Waals surface area contributed by atoms with Crippen LogP contribution in [0.5, 0.6) is 5.75 Å². The van der Waals surface area contributed by atoms with Crippen molar-refractivity contribution in [2.24, 2.45) is 0 Å².